The number of ether oxygens (including phenoxy) is 1. The highest BCUT2D eigenvalue weighted by Gasteiger charge is 2.13. The van der Waals surface area contributed by atoms with Gasteiger partial charge in [-0.3, -0.25) is 4.79 Å². The molecule has 0 aliphatic heterocycles. The highest BCUT2D eigenvalue weighted by Crippen LogP contribution is 2.29. The number of fused-ring (bicyclic) bond motifs is 1. The van der Waals surface area contributed by atoms with Crippen LogP contribution in [0.1, 0.15) is 17.0 Å². The standard InChI is InChI=1S/C13H13ClO5S/c1-20(16,17)7-3-6-18-10-4-2-5-11-9(10)8-12(19-11)13(14)15/h2,4-5,8H,3,6-7H2,1H3. The summed E-state index contributed by atoms with van der Waals surface area (Å²) in [6, 6.07) is 6.65. The molecule has 0 aliphatic carbocycles. The number of hydrogen-bond donors (Lipinski definition) is 0. The number of furan rings is 1. The highest BCUT2D eigenvalue weighted by atomic mass is 35.5. The van der Waals surface area contributed by atoms with E-state index in [0.717, 1.165) is 0 Å². The Kier molecular flexibility index (Phi) is 4.35. The van der Waals surface area contributed by atoms with Gasteiger partial charge in [0.15, 0.2) is 5.76 Å². The van der Waals surface area contributed by atoms with E-state index < -0.39 is 15.1 Å². The van der Waals surface area contributed by atoms with E-state index in [-0.39, 0.29) is 18.1 Å². The zero-order valence-corrected chi connectivity index (χ0v) is 12.3. The first kappa shape index (κ1) is 14.9. The van der Waals surface area contributed by atoms with E-state index in [1.54, 1.807) is 18.2 Å². The summed E-state index contributed by atoms with van der Waals surface area (Å²) in [6.45, 7) is 0.265. The fraction of sp³-hybridized carbons (Fsp3) is 0.308. The number of rotatable bonds is 6. The second-order valence-corrected chi connectivity index (χ2v) is 6.99. The fourth-order valence-corrected chi connectivity index (χ4v) is 2.50. The lowest BCUT2D eigenvalue weighted by Gasteiger charge is -2.06. The Bertz CT molecular complexity index is 732. The van der Waals surface area contributed by atoms with Crippen molar-refractivity contribution in [2.75, 3.05) is 18.6 Å². The maximum atomic E-state index is 11.1. The average molecular weight is 317 g/mol. The normalized spacial score (nSPS) is 11.7. The van der Waals surface area contributed by atoms with E-state index in [2.05, 4.69) is 0 Å². The van der Waals surface area contributed by atoms with Crippen molar-refractivity contribution in [1.29, 1.82) is 0 Å². The molecular weight excluding hydrogens is 304 g/mol. The highest BCUT2D eigenvalue weighted by molar-refractivity contribution is 7.90. The Morgan fingerprint density at radius 2 is 2.15 bits per heavy atom. The van der Waals surface area contributed by atoms with Gasteiger partial charge in [0.05, 0.1) is 17.7 Å². The first-order valence-electron chi connectivity index (χ1n) is 5.90. The van der Waals surface area contributed by atoms with Crippen LogP contribution in [0.25, 0.3) is 11.0 Å². The number of carbonyl (C=O) groups excluding carboxylic acids is 1. The van der Waals surface area contributed by atoms with Crippen LogP contribution in [-0.4, -0.2) is 32.3 Å². The monoisotopic (exact) mass is 316 g/mol. The molecule has 0 saturated carbocycles. The molecule has 0 bridgehead atoms. The predicted octanol–water partition coefficient (Wildman–Crippen LogP) is 2.63. The number of benzene rings is 1. The van der Waals surface area contributed by atoms with Crippen molar-refractivity contribution >= 4 is 37.6 Å². The van der Waals surface area contributed by atoms with Crippen LogP contribution in [0.15, 0.2) is 28.7 Å². The summed E-state index contributed by atoms with van der Waals surface area (Å²) in [7, 11) is -2.99. The second kappa shape index (κ2) is 5.85. The van der Waals surface area contributed by atoms with E-state index >= 15 is 0 Å². The quantitative estimate of drug-likeness (QED) is 0.605. The van der Waals surface area contributed by atoms with E-state index in [1.165, 1.54) is 12.3 Å². The van der Waals surface area contributed by atoms with Crippen molar-refractivity contribution in [2.45, 2.75) is 6.42 Å². The molecule has 7 heteroatoms. The van der Waals surface area contributed by atoms with Gasteiger partial charge >= 0.3 is 0 Å². The zero-order chi connectivity index (χ0) is 14.8. The van der Waals surface area contributed by atoms with Gasteiger partial charge in [-0.25, -0.2) is 8.42 Å². The molecule has 0 unspecified atom stereocenters. The van der Waals surface area contributed by atoms with Gasteiger partial charge < -0.3 is 9.15 Å². The SMILES string of the molecule is CS(=O)(=O)CCCOc1cccc2oc(C(=O)Cl)cc12. The summed E-state index contributed by atoms with van der Waals surface area (Å²) in [6.07, 6.45) is 1.58. The fourth-order valence-electron chi connectivity index (χ4n) is 1.76. The predicted molar refractivity (Wildman–Crippen MR) is 76.2 cm³/mol. The van der Waals surface area contributed by atoms with Crippen molar-refractivity contribution in [1.82, 2.24) is 0 Å². The third-order valence-corrected chi connectivity index (χ3v) is 3.85. The molecule has 0 fully saturated rings. The Hall–Kier alpha value is -1.53. The van der Waals surface area contributed by atoms with E-state index in [4.69, 9.17) is 20.8 Å². The Morgan fingerprint density at radius 3 is 2.80 bits per heavy atom. The molecule has 108 valence electrons. The number of hydrogen-bond acceptors (Lipinski definition) is 5. The summed E-state index contributed by atoms with van der Waals surface area (Å²) in [4.78, 5) is 11.1. The van der Waals surface area contributed by atoms with Crippen molar-refractivity contribution in [3.8, 4) is 5.75 Å². The van der Waals surface area contributed by atoms with E-state index in [0.29, 0.717) is 23.1 Å². The maximum Gasteiger partial charge on any atom is 0.287 e. The third kappa shape index (κ3) is 3.74. The largest absolute Gasteiger partial charge is 0.493 e. The van der Waals surface area contributed by atoms with Gasteiger partial charge in [-0.1, -0.05) is 6.07 Å². The molecule has 5 nitrogen and oxygen atoms in total. The van der Waals surface area contributed by atoms with Crippen LogP contribution < -0.4 is 4.74 Å². The molecule has 1 heterocycles. The third-order valence-electron chi connectivity index (χ3n) is 2.63. The van der Waals surface area contributed by atoms with Crippen molar-refractivity contribution in [2.24, 2.45) is 0 Å². The molecule has 0 radical (unpaired) electrons. The molecule has 0 N–H and O–H groups in total. The van der Waals surface area contributed by atoms with Crippen molar-refractivity contribution < 1.29 is 22.4 Å². The molecular formula is C13H13ClO5S. The number of carbonyl (C=O) groups is 1. The Labute approximate surface area is 121 Å². The average Bonchev–Trinajstić information content (AvgIpc) is 2.78. The second-order valence-electron chi connectivity index (χ2n) is 4.38. The molecule has 0 atom stereocenters. The van der Waals surface area contributed by atoms with Gasteiger partial charge in [0, 0.05) is 12.3 Å². The van der Waals surface area contributed by atoms with Gasteiger partial charge in [0.1, 0.15) is 21.2 Å². The van der Waals surface area contributed by atoms with Crippen LogP contribution in [0, 0.1) is 0 Å². The van der Waals surface area contributed by atoms with Crippen LogP contribution in [0.4, 0.5) is 0 Å². The topological polar surface area (TPSA) is 73.6 Å². The van der Waals surface area contributed by atoms with Crippen LogP contribution in [0.5, 0.6) is 5.75 Å². The summed E-state index contributed by atoms with van der Waals surface area (Å²) in [5, 5.41) is -0.0416. The number of sulfone groups is 1. The lowest BCUT2D eigenvalue weighted by molar-refractivity contribution is 0.105. The van der Waals surface area contributed by atoms with Gasteiger partial charge in [-0.05, 0) is 30.2 Å². The summed E-state index contributed by atoms with van der Waals surface area (Å²) >= 11 is 5.36. The molecule has 2 aromatic rings. The van der Waals surface area contributed by atoms with Gasteiger partial charge in [0.2, 0.25) is 0 Å². The maximum absolute atomic E-state index is 11.1. The molecule has 0 saturated heterocycles. The lowest BCUT2D eigenvalue weighted by atomic mass is 10.2. The molecule has 20 heavy (non-hydrogen) atoms. The first-order valence-corrected chi connectivity index (χ1v) is 8.33. The summed E-state index contributed by atoms with van der Waals surface area (Å²) in [5.74, 6) is 0.650. The van der Waals surface area contributed by atoms with Crippen molar-refractivity contribution in [3.63, 3.8) is 0 Å². The smallest absolute Gasteiger partial charge is 0.287 e. The van der Waals surface area contributed by atoms with Crippen molar-refractivity contribution in [3.05, 3.63) is 30.0 Å². The molecule has 1 aromatic carbocycles. The minimum absolute atomic E-state index is 0.0499. The first-order chi connectivity index (χ1) is 9.37. The van der Waals surface area contributed by atoms with Crippen LogP contribution in [0.3, 0.4) is 0 Å². The molecule has 0 aliphatic rings. The zero-order valence-electron chi connectivity index (χ0n) is 10.8. The molecule has 0 spiro atoms. The van der Waals surface area contributed by atoms with Gasteiger partial charge in [0.25, 0.3) is 5.24 Å². The van der Waals surface area contributed by atoms with Crippen LogP contribution in [-0.2, 0) is 9.84 Å². The Morgan fingerprint density at radius 1 is 1.40 bits per heavy atom. The molecule has 2 rings (SSSR count). The minimum Gasteiger partial charge on any atom is -0.493 e. The van der Waals surface area contributed by atoms with Crippen LogP contribution >= 0.6 is 11.6 Å². The lowest BCUT2D eigenvalue weighted by Crippen LogP contribution is -2.08. The van der Waals surface area contributed by atoms with E-state index in [1.807, 2.05) is 0 Å². The summed E-state index contributed by atoms with van der Waals surface area (Å²) in [5.41, 5.74) is 0.495. The van der Waals surface area contributed by atoms with E-state index in [9.17, 15) is 13.2 Å². The van der Waals surface area contributed by atoms with Crippen LogP contribution in [0.2, 0.25) is 0 Å². The van der Waals surface area contributed by atoms with Gasteiger partial charge in [-0.15, -0.1) is 0 Å². The molecule has 0 amide bonds. The minimum atomic E-state index is -2.99. The summed E-state index contributed by atoms with van der Waals surface area (Å²) < 4.78 is 32.8. The van der Waals surface area contributed by atoms with Gasteiger partial charge in [-0.2, -0.15) is 0 Å². The molecule has 1 aromatic heterocycles. The Balaban J connectivity index is 2.12. The number of halogens is 1.